The second kappa shape index (κ2) is 4.23. The molecule has 1 fully saturated rings. The fourth-order valence-electron chi connectivity index (χ4n) is 1.31. The van der Waals surface area contributed by atoms with Crippen LogP contribution in [0.1, 0.15) is 6.42 Å². The molecule has 1 aliphatic rings. The molecule has 0 radical (unpaired) electrons. The molecule has 0 aliphatic carbocycles. The molecule has 0 bridgehead atoms. The lowest BCUT2D eigenvalue weighted by Crippen LogP contribution is -2.55. The van der Waals surface area contributed by atoms with E-state index >= 15 is 0 Å². The molecule has 4 nitrogen and oxygen atoms in total. The van der Waals surface area contributed by atoms with Crippen molar-refractivity contribution in [1.29, 1.82) is 0 Å². The van der Waals surface area contributed by atoms with E-state index in [2.05, 4.69) is 11.9 Å². The molecule has 1 atom stereocenters. The Labute approximate surface area is 72.4 Å². The largest absolute Gasteiger partial charge is 0.335 e. The highest BCUT2D eigenvalue weighted by Gasteiger charge is 2.29. The number of hydrogen-bond donors (Lipinski definition) is 2. The van der Waals surface area contributed by atoms with Crippen LogP contribution in [0.15, 0.2) is 12.7 Å². The van der Waals surface area contributed by atoms with Gasteiger partial charge in [0, 0.05) is 25.8 Å². The van der Waals surface area contributed by atoms with Crippen molar-refractivity contribution >= 4 is 5.91 Å². The Kier molecular flexibility index (Phi) is 3.25. The lowest BCUT2D eigenvalue weighted by atomic mass is 10.0. The van der Waals surface area contributed by atoms with Crippen molar-refractivity contribution in [1.82, 2.24) is 10.2 Å². The van der Waals surface area contributed by atoms with E-state index in [-0.39, 0.29) is 5.91 Å². The Morgan fingerprint density at radius 1 is 1.83 bits per heavy atom. The molecule has 1 unspecified atom stereocenters. The fraction of sp³-hybridized carbons (Fsp3) is 0.625. The maximum absolute atomic E-state index is 11.1. The molecule has 1 saturated heterocycles. The maximum Gasteiger partial charge on any atom is 0.246 e. The smallest absolute Gasteiger partial charge is 0.246 e. The summed E-state index contributed by atoms with van der Waals surface area (Å²) in [7, 11) is 0. The van der Waals surface area contributed by atoms with Crippen molar-refractivity contribution in [2.75, 3.05) is 19.8 Å². The van der Waals surface area contributed by atoms with E-state index < -0.39 is 0 Å². The molecule has 0 aromatic rings. The van der Waals surface area contributed by atoms with Crippen LogP contribution in [0.5, 0.6) is 0 Å². The fourth-order valence-corrected chi connectivity index (χ4v) is 1.31. The van der Waals surface area contributed by atoms with E-state index in [1.807, 2.05) is 0 Å². The number of hydrogen-bond acceptors (Lipinski definition) is 3. The predicted octanol–water partition coefficient (Wildman–Crippen LogP) is -0.721. The van der Waals surface area contributed by atoms with Gasteiger partial charge in [-0.1, -0.05) is 6.58 Å². The summed E-state index contributed by atoms with van der Waals surface area (Å²) in [5.41, 5.74) is 5.27. The third-order valence-electron chi connectivity index (χ3n) is 2.13. The Hall–Kier alpha value is -0.870. The molecule has 3 N–H and O–H groups in total. The van der Waals surface area contributed by atoms with E-state index in [0.717, 1.165) is 19.5 Å². The molecule has 0 aromatic heterocycles. The molecule has 12 heavy (non-hydrogen) atoms. The first-order chi connectivity index (χ1) is 5.79. The Morgan fingerprint density at radius 3 is 3.00 bits per heavy atom. The number of nitrogens with zero attached hydrogens (tertiary/aromatic N) is 1. The number of carbonyl (C=O) groups excluding carboxylic acids is 1. The van der Waals surface area contributed by atoms with Gasteiger partial charge >= 0.3 is 0 Å². The quantitative estimate of drug-likeness (QED) is 0.431. The second-order valence-corrected chi connectivity index (χ2v) is 2.84. The number of carbonyl (C=O) groups is 1. The second-order valence-electron chi connectivity index (χ2n) is 2.84. The number of rotatable bonds is 4. The predicted molar refractivity (Wildman–Crippen MR) is 47.4 cm³/mol. The van der Waals surface area contributed by atoms with Crippen molar-refractivity contribution in [3.8, 4) is 0 Å². The van der Waals surface area contributed by atoms with E-state index in [9.17, 15) is 4.79 Å². The lowest BCUT2D eigenvalue weighted by Gasteiger charge is -2.40. The minimum absolute atomic E-state index is 0.0186. The van der Waals surface area contributed by atoms with Crippen LogP contribution in [-0.2, 0) is 4.79 Å². The molecule has 68 valence electrons. The molecule has 0 spiro atoms. The number of amides is 1. The molecule has 0 aromatic carbocycles. The minimum atomic E-state index is 0.0186. The molecule has 1 rings (SSSR count). The highest BCUT2D eigenvalue weighted by Crippen LogP contribution is 2.16. The first-order valence-electron chi connectivity index (χ1n) is 4.13. The topological polar surface area (TPSA) is 58.4 Å². The summed E-state index contributed by atoms with van der Waals surface area (Å²) in [6.07, 6.45) is 2.42. The molecule has 1 amide bonds. The van der Waals surface area contributed by atoms with Gasteiger partial charge in [-0.15, -0.1) is 0 Å². The van der Waals surface area contributed by atoms with E-state index in [4.69, 9.17) is 5.73 Å². The maximum atomic E-state index is 11.1. The van der Waals surface area contributed by atoms with Gasteiger partial charge in [0.1, 0.15) is 0 Å². The third kappa shape index (κ3) is 1.84. The molecule has 1 aliphatic heterocycles. The summed E-state index contributed by atoms with van der Waals surface area (Å²) in [6.45, 7) is 5.54. The van der Waals surface area contributed by atoms with Crippen molar-refractivity contribution < 1.29 is 4.79 Å². The molecule has 4 heteroatoms. The zero-order valence-corrected chi connectivity index (χ0v) is 7.12. The van der Waals surface area contributed by atoms with Crippen molar-refractivity contribution in [3.05, 3.63) is 12.7 Å². The normalized spacial score (nSPS) is 21.8. The van der Waals surface area contributed by atoms with Gasteiger partial charge in [-0.25, -0.2) is 0 Å². The van der Waals surface area contributed by atoms with E-state index in [1.54, 1.807) is 4.90 Å². The Balaban J connectivity index is 2.28. The minimum Gasteiger partial charge on any atom is -0.335 e. The molecular weight excluding hydrogens is 154 g/mol. The summed E-state index contributed by atoms with van der Waals surface area (Å²) < 4.78 is 0. The summed E-state index contributed by atoms with van der Waals surface area (Å²) in [5, 5.41) is 3.01. The summed E-state index contributed by atoms with van der Waals surface area (Å²) in [5.74, 6) is 0.0186. The number of likely N-dealkylation sites (tertiary alicyclic amines) is 1. The van der Waals surface area contributed by atoms with Crippen molar-refractivity contribution in [2.24, 2.45) is 5.73 Å². The van der Waals surface area contributed by atoms with Gasteiger partial charge in [0.25, 0.3) is 0 Å². The lowest BCUT2D eigenvalue weighted by molar-refractivity contribution is -0.133. The average molecular weight is 169 g/mol. The van der Waals surface area contributed by atoms with Crippen LogP contribution in [0, 0.1) is 0 Å². The molecule has 1 heterocycles. The SMILES string of the molecule is C=CC(=O)N1CCC1CNCN. The van der Waals surface area contributed by atoms with Gasteiger partial charge in [-0.2, -0.15) is 0 Å². The van der Waals surface area contributed by atoms with Gasteiger partial charge in [-0.05, 0) is 12.5 Å². The number of nitrogens with one attached hydrogen (secondary N) is 1. The zero-order valence-electron chi connectivity index (χ0n) is 7.12. The van der Waals surface area contributed by atoms with E-state index in [1.165, 1.54) is 6.08 Å². The van der Waals surface area contributed by atoms with Gasteiger partial charge in [0.2, 0.25) is 5.91 Å². The van der Waals surface area contributed by atoms with Crippen LogP contribution in [0.25, 0.3) is 0 Å². The average Bonchev–Trinajstić information content (AvgIpc) is 2.03. The van der Waals surface area contributed by atoms with Crippen LogP contribution < -0.4 is 11.1 Å². The van der Waals surface area contributed by atoms with Gasteiger partial charge < -0.3 is 16.0 Å². The summed E-state index contributed by atoms with van der Waals surface area (Å²) in [4.78, 5) is 12.9. The van der Waals surface area contributed by atoms with Gasteiger partial charge in [-0.3, -0.25) is 4.79 Å². The molecule has 0 saturated carbocycles. The van der Waals surface area contributed by atoms with Crippen LogP contribution in [0.4, 0.5) is 0 Å². The zero-order chi connectivity index (χ0) is 8.97. The summed E-state index contributed by atoms with van der Waals surface area (Å²) in [6, 6.07) is 0.319. The highest BCUT2D eigenvalue weighted by molar-refractivity contribution is 5.87. The van der Waals surface area contributed by atoms with Crippen LogP contribution in [0.2, 0.25) is 0 Å². The highest BCUT2D eigenvalue weighted by atomic mass is 16.2. The van der Waals surface area contributed by atoms with Crippen LogP contribution in [-0.4, -0.2) is 36.6 Å². The van der Waals surface area contributed by atoms with Gasteiger partial charge in [0.05, 0.1) is 0 Å². The Morgan fingerprint density at radius 2 is 2.58 bits per heavy atom. The van der Waals surface area contributed by atoms with Crippen LogP contribution >= 0.6 is 0 Å². The van der Waals surface area contributed by atoms with E-state index in [0.29, 0.717) is 12.7 Å². The van der Waals surface area contributed by atoms with Crippen molar-refractivity contribution in [2.45, 2.75) is 12.5 Å². The standard InChI is InChI=1S/C8H15N3O/c1-2-8(12)11-4-3-7(11)5-10-6-9/h2,7,10H,1,3-6,9H2. The third-order valence-corrected chi connectivity index (χ3v) is 2.13. The van der Waals surface area contributed by atoms with Crippen LogP contribution in [0.3, 0.4) is 0 Å². The first-order valence-corrected chi connectivity index (χ1v) is 4.13. The van der Waals surface area contributed by atoms with Crippen molar-refractivity contribution in [3.63, 3.8) is 0 Å². The Bertz CT molecular complexity index is 181. The summed E-state index contributed by atoms with van der Waals surface area (Å²) >= 11 is 0. The van der Waals surface area contributed by atoms with Gasteiger partial charge in [0.15, 0.2) is 0 Å². The monoisotopic (exact) mass is 169 g/mol. The first kappa shape index (κ1) is 9.22. The number of nitrogens with two attached hydrogens (primary N) is 1. The molecular formula is C8H15N3O.